The first-order valence-electron chi connectivity index (χ1n) is 2.65. The van der Waals surface area contributed by atoms with Crippen molar-refractivity contribution < 1.29 is 0 Å². The third-order valence-corrected chi connectivity index (χ3v) is 4.18. The predicted octanol–water partition coefficient (Wildman–Crippen LogP) is 3.02. The number of halogens is 1. The minimum absolute atomic E-state index is 0.599. The molecule has 0 aliphatic rings. The van der Waals surface area contributed by atoms with Crippen LogP contribution in [0, 0.1) is 0 Å². The highest BCUT2D eigenvalue weighted by molar-refractivity contribution is 8.76. The van der Waals surface area contributed by atoms with Crippen LogP contribution < -0.4 is 0 Å². The smallest absolute Gasteiger partial charge is 0.0348 e. The summed E-state index contributed by atoms with van der Waals surface area (Å²) in [5.41, 5.74) is 0. The molecule has 3 heteroatoms. The lowest BCUT2D eigenvalue weighted by Crippen LogP contribution is -1.93. The van der Waals surface area contributed by atoms with Crippen molar-refractivity contribution in [1.29, 1.82) is 0 Å². The summed E-state index contributed by atoms with van der Waals surface area (Å²) in [5, 5.41) is 0.599. The molecular formula is C5H11ClS2. The Morgan fingerprint density at radius 2 is 2.25 bits per heavy atom. The lowest BCUT2D eigenvalue weighted by Gasteiger charge is -2.02. The summed E-state index contributed by atoms with van der Waals surface area (Å²) < 4.78 is 0. The van der Waals surface area contributed by atoms with E-state index in [0.29, 0.717) is 5.25 Å². The number of alkyl halides is 1. The van der Waals surface area contributed by atoms with E-state index in [1.54, 1.807) is 0 Å². The van der Waals surface area contributed by atoms with Crippen LogP contribution in [0.4, 0.5) is 0 Å². The average Bonchev–Trinajstić information content (AvgIpc) is 1.83. The number of hydrogen-bond acceptors (Lipinski definition) is 2. The summed E-state index contributed by atoms with van der Waals surface area (Å²) >= 11 is 5.55. The molecule has 8 heavy (non-hydrogen) atoms. The molecule has 1 atom stereocenters. The van der Waals surface area contributed by atoms with Gasteiger partial charge in [0.05, 0.1) is 0 Å². The Labute approximate surface area is 64.1 Å². The van der Waals surface area contributed by atoms with Crippen molar-refractivity contribution in [3.8, 4) is 0 Å². The first-order valence-corrected chi connectivity index (χ1v) is 5.57. The Morgan fingerprint density at radius 1 is 1.62 bits per heavy atom. The summed E-state index contributed by atoms with van der Waals surface area (Å²) in [6.07, 6.45) is 0. The standard InChI is InChI=1S/C5H11ClS2/c1-3-7-8-5(2)4-6/h5H,3-4H2,1-2H3. The van der Waals surface area contributed by atoms with Crippen LogP contribution in [0.2, 0.25) is 0 Å². The molecule has 0 nitrogen and oxygen atoms in total. The van der Waals surface area contributed by atoms with Crippen LogP contribution in [-0.2, 0) is 0 Å². The third kappa shape index (κ3) is 5.13. The first-order chi connectivity index (χ1) is 3.81. The molecule has 50 valence electrons. The highest BCUT2D eigenvalue weighted by Crippen LogP contribution is 2.26. The molecular weight excluding hydrogens is 160 g/mol. The molecule has 0 rings (SSSR count). The van der Waals surface area contributed by atoms with E-state index in [4.69, 9.17) is 11.6 Å². The number of rotatable bonds is 4. The third-order valence-electron chi connectivity index (χ3n) is 0.567. The molecule has 0 radical (unpaired) electrons. The maximum absolute atomic E-state index is 5.55. The molecule has 0 aromatic carbocycles. The molecule has 0 aliphatic carbocycles. The van der Waals surface area contributed by atoms with Gasteiger partial charge >= 0.3 is 0 Å². The van der Waals surface area contributed by atoms with E-state index >= 15 is 0 Å². The summed E-state index contributed by atoms with van der Waals surface area (Å²) in [6, 6.07) is 0. The quantitative estimate of drug-likeness (QED) is 0.470. The minimum Gasteiger partial charge on any atom is -0.125 e. The maximum atomic E-state index is 5.55. The van der Waals surface area contributed by atoms with E-state index in [1.807, 2.05) is 21.6 Å². The predicted molar refractivity (Wildman–Crippen MR) is 45.9 cm³/mol. The van der Waals surface area contributed by atoms with Gasteiger partial charge in [0.25, 0.3) is 0 Å². The zero-order valence-electron chi connectivity index (χ0n) is 5.19. The van der Waals surface area contributed by atoms with Gasteiger partial charge in [-0.2, -0.15) is 0 Å². The Hall–Kier alpha value is 0.990. The average molecular weight is 171 g/mol. The van der Waals surface area contributed by atoms with Gasteiger partial charge in [0.15, 0.2) is 0 Å². The molecule has 0 heterocycles. The maximum Gasteiger partial charge on any atom is 0.0348 e. The van der Waals surface area contributed by atoms with Gasteiger partial charge in [-0.3, -0.25) is 0 Å². The molecule has 0 saturated heterocycles. The van der Waals surface area contributed by atoms with Crippen molar-refractivity contribution in [3.05, 3.63) is 0 Å². The Balaban J connectivity index is 2.86. The van der Waals surface area contributed by atoms with E-state index in [1.165, 1.54) is 5.75 Å². The van der Waals surface area contributed by atoms with Crippen molar-refractivity contribution in [3.63, 3.8) is 0 Å². The van der Waals surface area contributed by atoms with E-state index in [-0.39, 0.29) is 0 Å². The van der Waals surface area contributed by atoms with Crippen LogP contribution >= 0.6 is 33.2 Å². The Morgan fingerprint density at radius 3 is 2.62 bits per heavy atom. The van der Waals surface area contributed by atoms with Gasteiger partial charge in [0, 0.05) is 16.9 Å². The molecule has 0 amide bonds. The largest absolute Gasteiger partial charge is 0.125 e. The van der Waals surface area contributed by atoms with Crippen LogP contribution in [0.25, 0.3) is 0 Å². The lowest BCUT2D eigenvalue weighted by molar-refractivity contribution is 1.13. The summed E-state index contributed by atoms with van der Waals surface area (Å²) in [5.74, 6) is 1.93. The lowest BCUT2D eigenvalue weighted by atomic mass is 10.6. The summed E-state index contributed by atoms with van der Waals surface area (Å²) in [6.45, 7) is 4.29. The summed E-state index contributed by atoms with van der Waals surface area (Å²) in [4.78, 5) is 0. The molecule has 0 N–H and O–H groups in total. The molecule has 0 fully saturated rings. The van der Waals surface area contributed by atoms with Crippen LogP contribution in [0.1, 0.15) is 13.8 Å². The van der Waals surface area contributed by atoms with Crippen molar-refractivity contribution in [2.45, 2.75) is 19.1 Å². The molecule has 0 aliphatic heterocycles. The van der Waals surface area contributed by atoms with Gasteiger partial charge < -0.3 is 0 Å². The molecule has 0 spiro atoms. The topological polar surface area (TPSA) is 0 Å². The van der Waals surface area contributed by atoms with Crippen molar-refractivity contribution in [2.75, 3.05) is 11.6 Å². The van der Waals surface area contributed by atoms with Crippen molar-refractivity contribution >= 4 is 33.2 Å². The fraction of sp³-hybridized carbons (Fsp3) is 1.00. The Kier molecular flexibility index (Phi) is 6.87. The van der Waals surface area contributed by atoms with Crippen LogP contribution in [0.3, 0.4) is 0 Å². The van der Waals surface area contributed by atoms with Gasteiger partial charge in [-0.15, -0.1) is 11.6 Å². The van der Waals surface area contributed by atoms with E-state index < -0.39 is 0 Å². The van der Waals surface area contributed by atoms with Crippen LogP contribution in [-0.4, -0.2) is 16.9 Å². The zero-order chi connectivity index (χ0) is 6.41. The SMILES string of the molecule is CCSSC(C)CCl. The fourth-order valence-corrected chi connectivity index (χ4v) is 2.35. The van der Waals surface area contributed by atoms with E-state index in [0.717, 1.165) is 5.88 Å². The Bertz CT molecular complexity index is 49.7. The monoisotopic (exact) mass is 170 g/mol. The molecule has 0 aromatic heterocycles. The molecule has 0 saturated carbocycles. The zero-order valence-corrected chi connectivity index (χ0v) is 7.57. The second kappa shape index (κ2) is 6.12. The fourth-order valence-electron chi connectivity index (χ4n) is 0.210. The summed E-state index contributed by atoms with van der Waals surface area (Å²) in [7, 11) is 3.73. The second-order valence-electron chi connectivity index (χ2n) is 1.47. The first kappa shape index (κ1) is 8.99. The van der Waals surface area contributed by atoms with E-state index in [9.17, 15) is 0 Å². The molecule has 0 aromatic rings. The van der Waals surface area contributed by atoms with Gasteiger partial charge in [-0.05, 0) is 0 Å². The van der Waals surface area contributed by atoms with Gasteiger partial charge in [0.1, 0.15) is 0 Å². The normalized spacial score (nSPS) is 13.9. The van der Waals surface area contributed by atoms with Gasteiger partial charge in [-0.1, -0.05) is 35.4 Å². The highest BCUT2D eigenvalue weighted by Gasteiger charge is 1.97. The van der Waals surface area contributed by atoms with Crippen molar-refractivity contribution in [2.24, 2.45) is 0 Å². The van der Waals surface area contributed by atoms with E-state index in [2.05, 4.69) is 13.8 Å². The second-order valence-corrected chi connectivity index (χ2v) is 4.87. The number of hydrogen-bond donors (Lipinski definition) is 0. The van der Waals surface area contributed by atoms with Gasteiger partial charge in [-0.25, -0.2) is 0 Å². The van der Waals surface area contributed by atoms with Gasteiger partial charge in [0.2, 0.25) is 0 Å². The minimum atomic E-state index is 0.599. The molecule has 0 bridgehead atoms. The van der Waals surface area contributed by atoms with Crippen molar-refractivity contribution in [1.82, 2.24) is 0 Å². The molecule has 1 unspecified atom stereocenters. The highest BCUT2D eigenvalue weighted by atomic mass is 35.5. The van der Waals surface area contributed by atoms with Crippen LogP contribution in [0.5, 0.6) is 0 Å². The van der Waals surface area contributed by atoms with Crippen LogP contribution in [0.15, 0.2) is 0 Å².